The number of fused-ring (bicyclic) bond motifs is 3. The first-order valence-electron chi connectivity index (χ1n) is 14.9. The summed E-state index contributed by atoms with van der Waals surface area (Å²) in [6, 6.07) is 10.9. The number of hydrogen-bond donors (Lipinski definition) is 0. The largest absolute Gasteiger partial charge is 0.239 e. The highest BCUT2D eigenvalue weighted by Gasteiger charge is 2.50. The molecule has 0 spiro atoms. The summed E-state index contributed by atoms with van der Waals surface area (Å²) in [5.74, 6) is 0. The molecule has 3 aromatic rings. The zero-order chi connectivity index (χ0) is 29.7. The summed E-state index contributed by atoms with van der Waals surface area (Å²) in [6.07, 6.45) is 0. The molecule has 0 saturated heterocycles. The first-order chi connectivity index (χ1) is 17.5. The van der Waals surface area contributed by atoms with Crippen LogP contribution in [0.1, 0.15) is 71.9 Å². The minimum atomic E-state index is -3.25. The van der Waals surface area contributed by atoms with E-state index in [0.717, 1.165) is 0 Å². The summed E-state index contributed by atoms with van der Waals surface area (Å²) >= 11 is 0. The summed E-state index contributed by atoms with van der Waals surface area (Å²) in [5.41, 5.74) is -2.84. The summed E-state index contributed by atoms with van der Waals surface area (Å²) < 4.78 is 104. The van der Waals surface area contributed by atoms with E-state index in [0.29, 0.717) is 22.4 Å². The van der Waals surface area contributed by atoms with Gasteiger partial charge in [0.15, 0.2) is 7.05 Å². The Morgan fingerprint density at radius 3 is 2.41 bits per heavy atom. The van der Waals surface area contributed by atoms with Crippen molar-refractivity contribution in [2.24, 2.45) is 7.05 Å². The average molecular weight is 372 g/mol. The van der Waals surface area contributed by atoms with Crippen molar-refractivity contribution in [1.82, 2.24) is 4.68 Å². The monoisotopic (exact) mass is 371 g/mol. The molecular formula is C25H31N2+. The maximum atomic E-state index is 8.64. The van der Waals surface area contributed by atoms with Gasteiger partial charge in [-0.2, -0.15) is 0 Å². The van der Waals surface area contributed by atoms with Crippen molar-refractivity contribution in [3.63, 3.8) is 0 Å². The van der Waals surface area contributed by atoms with Gasteiger partial charge in [0.25, 0.3) is 0 Å². The minimum Gasteiger partial charge on any atom is -0.124 e. The van der Waals surface area contributed by atoms with Gasteiger partial charge in [0.1, 0.15) is 5.69 Å². The average Bonchev–Trinajstić information content (AvgIpc) is 3.08. The summed E-state index contributed by atoms with van der Waals surface area (Å²) in [5, 5.41) is 0. The van der Waals surface area contributed by atoms with Crippen molar-refractivity contribution in [1.29, 1.82) is 0 Å². The molecule has 4 rings (SSSR count). The number of benzene rings is 2. The van der Waals surface area contributed by atoms with Crippen LogP contribution >= 0.6 is 0 Å². The van der Waals surface area contributed by atoms with Gasteiger partial charge in [-0.25, -0.2) is 0 Å². The molecule has 1 atom stereocenters. The lowest BCUT2D eigenvalue weighted by Crippen LogP contribution is -2.51. The van der Waals surface area contributed by atoms with Crippen molar-refractivity contribution >= 4 is 0 Å². The number of aromatic nitrogens is 2. The second-order valence-corrected chi connectivity index (χ2v) is 7.68. The van der Waals surface area contributed by atoms with Crippen LogP contribution in [0.15, 0.2) is 42.5 Å². The van der Waals surface area contributed by atoms with E-state index in [9.17, 15) is 0 Å². The zero-order valence-electron chi connectivity index (χ0n) is 27.9. The molecule has 2 heteroatoms. The number of para-hydroxylation sites is 1. The molecule has 0 aliphatic carbocycles. The van der Waals surface area contributed by atoms with Crippen molar-refractivity contribution in [3.8, 4) is 16.9 Å². The maximum absolute atomic E-state index is 8.64. The fourth-order valence-corrected chi connectivity index (χ4v) is 4.09. The quantitative estimate of drug-likeness (QED) is 0.502. The maximum Gasteiger partial charge on any atom is 0.239 e. The highest BCUT2D eigenvalue weighted by atomic mass is 15.4. The Labute approximate surface area is 180 Å². The lowest BCUT2D eigenvalue weighted by atomic mass is 9.60. The van der Waals surface area contributed by atoms with E-state index in [4.69, 9.17) is 16.4 Å². The smallest absolute Gasteiger partial charge is 0.124 e. The Hall–Kier alpha value is -2.35. The van der Waals surface area contributed by atoms with Crippen LogP contribution in [0.25, 0.3) is 16.9 Å². The van der Waals surface area contributed by atoms with Crippen LogP contribution in [0.5, 0.6) is 0 Å². The van der Waals surface area contributed by atoms with E-state index in [1.165, 1.54) is 25.1 Å². The number of rotatable bonds is 1. The van der Waals surface area contributed by atoms with Crippen molar-refractivity contribution in [2.45, 2.75) is 59.0 Å². The zero-order valence-corrected chi connectivity index (χ0v) is 15.9. The van der Waals surface area contributed by atoms with Crippen LogP contribution in [0, 0.1) is 20.7 Å². The molecule has 1 aliphatic heterocycles. The van der Waals surface area contributed by atoms with E-state index < -0.39 is 38.2 Å². The number of aryl methyl sites for hydroxylation is 3. The second-order valence-electron chi connectivity index (χ2n) is 7.68. The van der Waals surface area contributed by atoms with Gasteiger partial charge >= 0.3 is 0 Å². The van der Waals surface area contributed by atoms with Gasteiger partial charge in [0.05, 0.1) is 5.69 Å². The predicted octanol–water partition coefficient (Wildman–Crippen LogP) is 5.46. The number of hydrogen-bond acceptors (Lipinski definition) is 0. The molecule has 0 fully saturated rings. The Morgan fingerprint density at radius 2 is 1.70 bits per heavy atom. The molecule has 0 saturated carbocycles. The van der Waals surface area contributed by atoms with E-state index in [2.05, 4.69) is 0 Å². The summed E-state index contributed by atoms with van der Waals surface area (Å²) in [7, 11) is 1.66. The molecule has 1 aromatic heterocycles. The lowest BCUT2D eigenvalue weighted by Gasteiger charge is -2.46. The molecule has 2 aromatic carbocycles. The molecule has 27 heavy (non-hydrogen) atoms. The van der Waals surface area contributed by atoms with Gasteiger partial charge < -0.3 is 0 Å². The summed E-state index contributed by atoms with van der Waals surface area (Å²) in [6.45, 7) is -7.32. The fourth-order valence-electron chi connectivity index (χ4n) is 4.09. The van der Waals surface area contributed by atoms with E-state index in [-0.39, 0.29) is 22.5 Å². The Bertz CT molecular complexity index is 1440. The van der Waals surface area contributed by atoms with E-state index in [1.54, 1.807) is 54.5 Å². The first kappa shape index (κ1) is 8.77. The van der Waals surface area contributed by atoms with E-state index in [1.807, 2.05) is 0 Å². The lowest BCUT2D eigenvalue weighted by molar-refractivity contribution is -0.735. The van der Waals surface area contributed by atoms with Crippen LogP contribution in [0.2, 0.25) is 0 Å². The van der Waals surface area contributed by atoms with E-state index >= 15 is 0 Å². The van der Waals surface area contributed by atoms with Crippen molar-refractivity contribution in [2.75, 3.05) is 0 Å². The summed E-state index contributed by atoms with van der Waals surface area (Å²) in [4.78, 5) is 0. The highest BCUT2D eigenvalue weighted by molar-refractivity contribution is 5.63. The Kier molecular flexibility index (Phi) is 1.81. The molecule has 0 bridgehead atoms. The van der Waals surface area contributed by atoms with Gasteiger partial charge in [-0.05, 0) is 44.0 Å². The highest BCUT2D eigenvalue weighted by Crippen LogP contribution is 2.50. The molecule has 0 amide bonds. The van der Waals surface area contributed by atoms with Crippen LogP contribution in [-0.4, -0.2) is 4.68 Å². The Morgan fingerprint density at radius 1 is 0.963 bits per heavy atom. The van der Waals surface area contributed by atoms with Crippen LogP contribution in [0.3, 0.4) is 0 Å². The van der Waals surface area contributed by atoms with Crippen LogP contribution in [0.4, 0.5) is 0 Å². The van der Waals surface area contributed by atoms with Gasteiger partial charge in [-0.1, -0.05) is 62.9 Å². The first-order valence-corrected chi connectivity index (χ1v) is 8.87. The standard InChI is InChI=1S/C25H31N2/c1-16-12-17(2)14-19(13-16)21-15-22-25(6,7)24(4,5)20-11-9-10-18(3)23(20)27(22)26(21)8/h9-15H,1-8H3/q+1/i1D3,4D3,5D3,6D3. The third kappa shape index (κ3) is 2.35. The van der Waals surface area contributed by atoms with Crippen LogP contribution < -0.4 is 4.68 Å². The van der Waals surface area contributed by atoms with Gasteiger partial charge in [-0.15, -0.1) is 9.36 Å². The van der Waals surface area contributed by atoms with Crippen molar-refractivity contribution in [3.05, 3.63) is 70.4 Å². The van der Waals surface area contributed by atoms with Gasteiger partial charge in [0, 0.05) is 38.9 Å². The third-order valence-corrected chi connectivity index (χ3v) is 5.64. The number of nitrogens with zero attached hydrogens (tertiary/aromatic N) is 2. The Balaban J connectivity index is 2.27. The molecule has 2 nitrogen and oxygen atoms in total. The molecule has 0 N–H and O–H groups in total. The second kappa shape index (κ2) is 5.58. The molecule has 2 heterocycles. The molecular weight excluding hydrogens is 328 g/mol. The van der Waals surface area contributed by atoms with Crippen LogP contribution in [-0.2, 0) is 17.9 Å². The fraction of sp³-hybridized carbons (Fsp3) is 0.400. The predicted molar refractivity (Wildman–Crippen MR) is 113 cm³/mol. The molecule has 140 valence electrons. The SMILES string of the molecule is [2H]C([2H])([2H])c1cc(C)cc(-c2cc3n([n+]2C)-c2c(C)cccc2C(C([2H])([2H])[2H])(C([2H])([2H])[2H])C3(C)C([2H])([2H])[2H])c1. The molecule has 0 radical (unpaired) electrons. The van der Waals surface area contributed by atoms with Gasteiger partial charge in [0.2, 0.25) is 5.69 Å². The minimum absolute atomic E-state index is 0.00834. The molecule has 1 aliphatic rings. The van der Waals surface area contributed by atoms with Gasteiger partial charge in [-0.3, -0.25) is 0 Å². The molecule has 1 unspecified atom stereocenters. The third-order valence-electron chi connectivity index (χ3n) is 5.64. The topological polar surface area (TPSA) is 8.81 Å². The normalized spacial score (nSPS) is 28.7. The van der Waals surface area contributed by atoms with Crippen molar-refractivity contribution < 1.29 is 21.1 Å².